The first-order valence-corrected chi connectivity index (χ1v) is 7.88. The van der Waals surface area contributed by atoms with Crippen molar-refractivity contribution in [2.75, 3.05) is 7.11 Å². The average Bonchev–Trinajstić information content (AvgIpc) is 2.53. The maximum Gasteiger partial charge on any atom is 0.197 e. The van der Waals surface area contributed by atoms with E-state index in [2.05, 4.69) is 13.8 Å². The molecule has 1 heterocycles. The second kappa shape index (κ2) is 6.48. The van der Waals surface area contributed by atoms with Crippen LogP contribution in [-0.2, 0) is 6.42 Å². The third-order valence-electron chi connectivity index (χ3n) is 3.86. The summed E-state index contributed by atoms with van der Waals surface area (Å²) < 4.78 is 24.5. The van der Waals surface area contributed by atoms with Crippen LogP contribution in [0.5, 0.6) is 5.75 Å². The highest BCUT2D eigenvalue weighted by atomic mass is 19.1. The largest absolute Gasteiger partial charge is 0.496 e. The van der Waals surface area contributed by atoms with E-state index in [1.807, 2.05) is 24.3 Å². The van der Waals surface area contributed by atoms with Gasteiger partial charge in [-0.05, 0) is 17.9 Å². The van der Waals surface area contributed by atoms with Crippen LogP contribution in [0.15, 0.2) is 51.7 Å². The van der Waals surface area contributed by atoms with Crippen molar-refractivity contribution < 1.29 is 13.5 Å². The second-order valence-electron chi connectivity index (χ2n) is 6.25. The molecule has 0 radical (unpaired) electrons. The van der Waals surface area contributed by atoms with Crippen LogP contribution < -0.4 is 10.2 Å². The Bertz CT molecular complexity index is 924. The number of rotatable bonds is 4. The van der Waals surface area contributed by atoms with Gasteiger partial charge >= 0.3 is 0 Å². The monoisotopic (exact) mass is 326 g/mol. The second-order valence-corrected chi connectivity index (χ2v) is 6.25. The molecule has 3 nitrogen and oxygen atoms in total. The molecule has 0 aliphatic heterocycles. The molecule has 0 fully saturated rings. The smallest absolute Gasteiger partial charge is 0.197 e. The molecule has 0 spiro atoms. The predicted octanol–water partition coefficient (Wildman–Crippen LogP) is 4.81. The quantitative estimate of drug-likeness (QED) is 0.691. The third-order valence-corrected chi connectivity index (χ3v) is 3.86. The Morgan fingerprint density at radius 1 is 1.12 bits per heavy atom. The number of benzene rings is 2. The van der Waals surface area contributed by atoms with Gasteiger partial charge in [-0.1, -0.05) is 38.1 Å². The summed E-state index contributed by atoms with van der Waals surface area (Å²) in [6, 6.07) is 11.7. The molecule has 0 aliphatic rings. The van der Waals surface area contributed by atoms with Crippen LogP contribution in [0.3, 0.4) is 0 Å². The molecule has 0 aliphatic carbocycles. The Hall–Kier alpha value is -2.62. The molecule has 124 valence electrons. The molecule has 3 aromatic rings. The van der Waals surface area contributed by atoms with E-state index < -0.39 is 5.82 Å². The van der Waals surface area contributed by atoms with Crippen molar-refractivity contribution in [3.63, 3.8) is 0 Å². The van der Waals surface area contributed by atoms with E-state index in [4.69, 9.17) is 9.15 Å². The fourth-order valence-electron chi connectivity index (χ4n) is 2.80. The van der Waals surface area contributed by atoms with Crippen molar-refractivity contribution in [2.24, 2.45) is 5.92 Å². The zero-order chi connectivity index (χ0) is 17.3. The van der Waals surface area contributed by atoms with Crippen LogP contribution in [0.4, 0.5) is 4.39 Å². The molecular formula is C20H19FO3. The number of ether oxygens (including phenoxy) is 1. The van der Waals surface area contributed by atoms with Crippen molar-refractivity contribution in [2.45, 2.75) is 20.3 Å². The minimum absolute atomic E-state index is 0.178. The predicted molar refractivity (Wildman–Crippen MR) is 93.0 cm³/mol. The van der Waals surface area contributed by atoms with Crippen molar-refractivity contribution >= 4 is 11.0 Å². The molecule has 0 bridgehead atoms. The topological polar surface area (TPSA) is 39.4 Å². The number of methoxy groups -OCH3 is 1. The lowest BCUT2D eigenvalue weighted by molar-refractivity contribution is 0.415. The Morgan fingerprint density at radius 2 is 1.83 bits per heavy atom. The minimum atomic E-state index is -0.507. The van der Waals surface area contributed by atoms with E-state index in [1.165, 1.54) is 30.9 Å². The van der Waals surface area contributed by atoms with E-state index in [9.17, 15) is 9.18 Å². The van der Waals surface area contributed by atoms with E-state index in [1.54, 1.807) is 0 Å². The summed E-state index contributed by atoms with van der Waals surface area (Å²) in [5, 5.41) is 0.249. The van der Waals surface area contributed by atoms with Crippen LogP contribution in [0.1, 0.15) is 19.4 Å². The first-order valence-electron chi connectivity index (χ1n) is 7.88. The number of fused-ring (bicyclic) bond motifs is 1. The van der Waals surface area contributed by atoms with Crippen molar-refractivity contribution in [3.05, 3.63) is 64.1 Å². The van der Waals surface area contributed by atoms with Crippen molar-refractivity contribution in [1.29, 1.82) is 0 Å². The molecular weight excluding hydrogens is 307 g/mol. The lowest BCUT2D eigenvalue weighted by atomic mass is 10.0. The van der Waals surface area contributed by atoms with E-state index in [0.29, 0.717) is 11.7 Å². The van der Waals surface area contributed by atoms with E-state index >= 15 is 0 Å². The lowest BCUT2D eigenvalue weighted by Gasteiger charge is -2.08. The van der Waals surface area contributed by atoms with Gasteiger partial charge < -0.3 is 9.15 Å². The zero-order valence-electron chi connectivity index (χ0n) is 13.9. The Balaban J connectivity index is 2.09. The van der Waals surface area contributed by atoms with Gasteiger partial charge in [-0.3, -0.25) is 4.79 Å². The molecule has 3 rings (SSSR count). The van der Waals surface area contributed by atoms with Crippen molar-refractivity contribution in [3.8, 4) is 17.1 Å². The standard InChI is InChI=1S/C20H19FO3/c1-12(2)8-13-4-6-14(7-5-13)17-11-16(22)20-18(23-3)9-15(21)10-19(20)24-17/h4-7,9-12H,8H2,1-3H3. The van der Waals surface area contributed by atoms with Crippen LogP contribution >= 0.6 is 0 Å². The molecule has 0 amide bonds. The van der Waals surface area contributed by atoms with Gasteiger partial charge in [0.1, 0.15) is 28.3 Å². The highest BCUT2D eigenvalue weighted by Gasteiger charge is 2.13. The van der Waals surface area contributed by atoms with Crippen LogP contribution in [0, 0.1) is 11.7 Å². The van der Waals surface area contributed by atoms with Gasteiger partial charge in [-0.2, -0.15) is 0 Å². The summed E-state index contributed by atoms with van der Waals surface area (Å²) in [6.45, 7) is 4.33. The Kier molecular flexibility index (Phi) is 4.38. The molecule has 0 saturated heterocycles. The van der Waals surface area contributed by atoms with Gasteiger partial charge in [0.05, 0.1) is 7.11 Å². The third kappa shape index (κ3) is 3.18. The summed E-state index contributed by atoms with van der Waals surface area (Å²) in [5.74, 6) is 0.658. The Morgan fingerprint density at radius 3 is 2.46 bits per heavy atom. The molecule has 4 heteroatoms. The first kappa shape index (κ1) is 16.2. The minimum Gasteiger partial charge on any atom is -0.496 e. The lowest BCUT2D eigenvalue weighted by Crippen LogP contribution is -2.03. The maximum absolute atomic E-state index is 13.7. The zero-order valence-corrected chi connectivity index (χ0v) is 13.9. The van der Waals surface area contributed by atoms with Gasteiger partial charge in [0.2, 0.25) is 0 Å². The molecule has 1 aromatic heterocycles. The highest BCUT2D eigenvalue weighted by Crippen LogP contribution is 2.28. The summed E-state index contributed by atoms with van der Waals surface area (Å²) in [7, 11) is 1.40. The van der Waals surface area contributed by atoms with Gasteiger partial charge in [0.25, 0.3) is 0 Å². The average molecular weight is 326 g/mol. The van der Waals surface area contributed by atoms with Crippen molar-refractivity contribution in [1.82, 2.24) is 0 Å². The van der Waals surface area contributed by atoms with Crippen LogP contribution in [0.25, 0.3) is 22.3 Å². The molecule has 2 aromatic carbocycles. The number of halogens is 1. The molecule has 0 unspecified atom stereocenters. The van der Waals surface area contributed by atoms with E-state index in [0.717, 1.165) is 12.0 Å². The maximum atomic E-state index is 13.7. The highest BCUT2D eigenvalue weighted by molar-refractivity contribution is 5.85. The normalized spacial score (nSPS) is 11.2. The van der Waals surface area contributed by atoms with Gasteiger partial charge in [-0.15, -0.1) is 0 Å². The number of hydrogen-bond acceptors (Lipinski definition) is 3. The molecule has 0 atom stereocenters. The Labute approximate surface area is 139 Å². The first-order chi connectivity index (χ1) is 11.5. The van der Waals surface area contributed by atoms with Gasteiger partial charge in [0, 0.05) is 23.8 Å². The summed E-state index contributed by atoms with van der Waals surface area (Å²) >= 11 is 0. The van der Waals surface area contributed by atoms with Gasteiger partial charge in [0.15, 0.2) is 5.43 Å². The van der Waals surface area contributed by atoms with E-state index in [-0.39, 0.29) is 22.1 Å². The molecule has 0 saturated carbocycles. The fraction of sp³-hybridized carbons (Fsp3) is 0.250. The van der Waals surface area contributed by atoms with Crippen LogP contribution in [0.2, 0.25) is 0 Å². The fourth-order valence-corrected chi connectivity index (χ4v) is 2.80. The summed E-state index contributed by atoms with van der Waals surface area (Å²) in [6.07, 6.45) is 0.990. The molecule has 24 heavy (non-hydrogen) atoms. The van der Waals surface area contributed by atoms with Crippen LogP contribution in [-0.4, -0.2) is 7.11 Å². The summed E-state index contributed by atoms with van der Waals surface area (Å²) in [4.78, 5) is 12.4. The SMILES string of the molecule is COc1cc(F)cc2oc(-c3ccc(CC(C)C)cc3)cc(=O)c12. The van der Waals surface area contributed by atoms with Gasteiger partial charge in [-0.25, -0.2) is 4.39 Å². The summed E-state index contributed by atoms with van der Waals surface area (Å²) in [5.41, 5.74) is 1.93. The number of hydrogen-bond donors (Lipinski definition) is 0. The molecule has 0 N–H and O–H groups in total.